The Morgan fingerprint density at radius 1 is 1.56 bits per heavy atom. The molecule has 8 heteroatoms. The predicted molar refractivity (Wildman–Crippen MR) is 55.9 cm³/mol. The summed E-state index contributed by atoms with van der Waals surface area (Å²) in [4.78, 5) is 12.6. The number of likely N-dealkylation sites (tertiary alicyclic amines) is 1. The van der Waals surface area contributed by atoms with Crippen molar-refractivity contribution in [3.63, 3.8) is 0 Å². The quantitative estimate of drug-likeness (QED) is 0.792. The van der Waals surface area contributed by atoms with E-state index in [0.717, 1.165) is 6.92 Å². The number of ether oxygens (including phenoxy) is 1. The van der Waals surface area contributed by atoms with Gasteiger partial charge in [0, 0.05) is 6.54 Å². The van der Waals surface area contributed by atoms with E-state index in [2.05, 4.69) is 4.74 Å². The number of hydrogen-bond donors (Lipinski definition) is 1. The Labute approximate surface area is 102 Å². The lowest BCUT2D eigenvalue weighted by atomic mass is 10.2. The molecule has 1 amide bonds. The smallest absolute Gasteiger partial charge is 0.408 e. The SMILES string of the molecule is CCN1C[C@H](OC(=O)NC(C)C(F)F)C(F)(F)C1. The summed E-state index contributed by atoms with van der Waals surface area (Å²) in [6.45, 7) is 2.59. The Hall–Kier alpha value is -1.05. The van der Waals surface area contributed by atoms with E-state index in [-0.39, 0.29) is 6.54 Å². The molecular formula is C10H16F4N2O2. The first kappa shape index (κ1) is 15.0. The minimum absolute atomic E-state index is 0.0972. The van der Waals surface area contributed by atoms with Crippen molar-refractivity contribution in [1.82, 2.24) is 10.2 Å². The molecule has 1 fully saturated rings. The van der Waals surface area contributed by atoms with Gasteiger partial charge in [0.05, 0.1) is 12.6 Å². The second-order valence-electron chi connectivity index (χ2n) is 4.25. The van der Waals surface area contributed by atoms with Crippen LogP contribution in [-0.2, 0) is 4.74 Å². The number of nitrogens with one attached hydrogen (secondary N) is 1. The van der Waals surface area contributed by atoms with Crippen LogP contribution in [0.1, 0.15) is 13.8 Å². The molecule has 0 aromatic rings. The summed E-state index contributed by atoms with van der Waals surface area (Å²) in [6, 6.07) is -1.44. The lowest BCUT2D eigenvalue weighted by Gasteiger charge is -2.20. The molecule has 1 saturated heterocycles. The Morgan fingerprint density at radius 2 is 2.17 bits per heavy atom. The maximum Gasteiger partial charge on any atom is 0.408 e. The number of halogens is 4. The molecule has 0 aliphatic carbocycles. The zero-order chi connectivity index (χ0) is 13.9. The highest BCUT2D eigenvalue weighted by molar-refractivity contribution is 5.68. The third-order valence-corrected chi connectivity index (χ3v) is 2.75. The fourth-order valence-electron chi connectivity index (χ4n) is 1.61. The van der Waals surface area contributed by atoms with E-state index < -0.39 is 37.1 Å². The Morgan fingerprint density at radius 3 is 2.61 bits per heavy atom. The van der Waals surface area contributed by atoms with Crippen molar-refractivity contribution >= 4 is 6.09 Å². The highest BCUT2D eigenvalue weighted by atomic mass is 19.3. The Bertz CT molecular complexity index is 302. The number of alkyl carbamates (subject to hydrolysis) is 1. The monoisotopic (exact) mass is 272 g/mol. The average molecular weight is 272 g/mol. The second-order valence-corrected chi connectivity index (χ2v) is 4.25. The molecule has 2 atom stereocenters. The van der Waals surface area contributed by atoms with Crippen molar-refractivity contribution in [3.05, 3.63) is 0 Å². The Kier molecular flexibility index (Phi) is 4.78. The molecule has 106 valence electrons. The van der Waals surface area contributed by atoms with Crippen molar-refractivity contribution in [2.75, 3.05) is 19.6 Å². The predicted octanol–water partition coefficient (Wildman–Crippen LogP) is 1.71. The zero-order valence-corrected chi connectivity index (χ0v) is 10.1. The molecule has 0 spiro atoms. The first-order valence-corrected chi connectivity index (χ1v) is 5.61. The maximum atomic E-state index is 13.4. The molecule has 1 aliphatic rings. The number of amides is 1. The summed E-state index contributed by atoms with van der Waals surface area (Å²) in [6.07, 6.45) is -5.61. The van der Waals surface area contributed by atoms with Gasteiger partial charge in [-0.1, -0.05) is 6.92 Å². The van der Waals surface area contributed by atoms with Crippen LogP contribution < -0.4 is 5.32 Å². The van der Waals surface area contributed by atoms with E-state index >= 15 is 0 Å². The lowest BCUT2D eigenvalue weighted by Crippen LogP contribution is -2.43. The number of carbonyl (C=O) groups is 1. The molecule has 1 unspecified atom stereocenters. The highest BCUT2D eigenvalue weighted by Gasteiger charge is 2.50. The van der Waals surface area contributed by atoms with Crippen LogP contribution in [0.15, 0.2) is 0 Å². The maximum absolute atomic E-state index is 13.4. The number of alkyl halides is 4. The molecule has 1 N–H and O–H groups in total. The van der Waals surface area contributed by atoms with Gasteiger partial charge >= 0.3 is 6.09 Å². The number of likely N-dealkylation sites (N-methyl/N-ethyl adjacent to an activating group) is 1. The molecule has 1 rings (SSSR count). The van der Waals surface area contributed by atoms with Gasteiger partial charge in [-0.25, -0.2) is 22.4 Å². The van der Waals surface area contributed by atoms with Crippen LogP contribution in [0.3, 0.4) is 0 Å². The van der Waals surface area contributed by atoms with E-state index in [1.165, 1.54) is 4.90 Å². The first-order chi connectivity index (χ1) is 8.26. The fourth-order valence-corrected chi connectivity index (χ4v) is 1.61. The molecule has 0 aromatic carbocycles. The lowest BCUT2D eigenvalue weighted by molar-refractivity contribution is -0.0788. The van der Waals surface area contributed by atoms with Crippen LogP contribution in [0.25, 0.3) is 0 Å². The van der Waals surface area contributed by atoms with Gasteiger partial charge in [-0.05, 0) is 13.5 Å². The third kappa shape index (κ3) is 3.72. The summed E-state index contributed by atoms with van der Waals surface area (Å²) in [7, 11) is 0. The fraction of sp³-hybridized carbons (Fsp3) is 0.900. The zero-order valence-electron chi connectivity index (χ0n) is 10.1. The van der Waals surface area contributed by atoms with Crippen molar-refractivity contribution < 1.29 is 27.1 Å². The number of hydrogen-bond acceptors (Lipinski definition) is 3. The van der Waals surface area contributed by atoms with E-state index in [1.54, 1.807) is 6.92 Å². The van der Waals surface area contributed by atoms with Gasteiger partial charge in [0.1, 0.15) is 0 Å². The van der Waals surface area contributed by atoms with Crippen LogP contribution in [0, 0.1) is 0 Å². The van der Waals surface area contributed by atoms with E-state index in [0.29, 0.717) is 6.54 Å². The molecular weight excluding hydrogens is 256 g/mol. The van der Waals surface area contributed by atoms with Gasteiger partial charge in [0.25, 0.3) is 12.3 Å². The molecule has 0 aromatic heterocycles. The van der Waals surface area contributed by atoms with Crippen LogP contribution in [-0.4, -0.2) is 55.1 Å². The molecule has 4 nitrogen and oxygen atoms in total. The average Bonchev–Trinajstić information content (AvgIpc) is 2.53. The first-order valence-electron chi connectivity index (χ1n) is 5.61. The van der Waals surface area contributed by atoms with Gasteiger partial charge in [0.15, 0.2) is 6.10 Å². The van der Waals surface area contributed by atoms with Crippen molar-refractivity contribution in [2.45, 2.75) is 38.3 Å². The van der Waals surface area contributed by atoms with Crippen molar-refractivity contribution in [3.8, 4) is 0 Å². The van der Waals surface area contributed by atoms with E-state index in [4.69, 9.17) is 0 Å². The molecule has 18 heavy (non-hydrogen) atoms. The summed E-state index contributed by atoms with van der Waals surface area (Å²) in [5, 5.41) is 1.81. The summed E-state index contributed by atoms with van der Waals surface area (Å²) < 4.78 is 55.6. The highest BCUT2D eigenvalue weighted by Crippen LogP contribution is 2.29. The number of carbonyl (C=O) groups excluding carboxylic acids is 1. The number of rotatable bonds is 4. The standard InChI is InChI=1S/C10H16F4N2O2/c1-3-16-4-7(10(13,14)5-16)18-9(17)15-6(2)8(11)12/h6-8H,3-5H2,1-2H3,(H,15,17)/t6?,7-/m0/s1. The van der Waals surface area contributed by atoms with Gasteiger partial charge in [-0.15, -0.1) is 0 Å². The van der Waals surface area contributed by atoms with Gasteiger partial charge in [-0.2, -0.15) is 0 Å². The van der Waals surface area contributed by atoms with Crippen LogP contribution in [0.4, 0.5) is 22.4 Å². The molecule has 1 heterocycles. The van der Waals surface area contributed by atoms with Crippen molar-refractivity contribution in [2.24, 2.45) is 0 Å². The van der Waals surface area contributed by atoms with E-state index in [1.807, 2.05) is 5.32 Å². The minimum Gasteiger partial charge on any atom is -0.438 e. The van der Waals surface area contributed by atoms with Crippen LogP contribution in [0.5, 0.6) is 0 Å². The van der Waals surface area contributed by atoms with Crippen LogP contribution >= 0.6 is 0 Å². The molecule has 1 aliphatic heterocycles. The van der Waals surface area contributed by atoms with Gasteiger partial charge in [0.2, 0.25) is 0 Å². The number of nitrogens with zero attached hydrogens (tertiary/aromatic N) is 1. The molecule has 0 saturated carbocycles. The second kappa shape index (κ2) is 5.73. The summed E-state index contributed by atoms with van der Waals surface area (Å²) in [5.74, 6) is -3.15. The van der Waals surface area contributed by atoms with E-state index in [9.17, 15) is 22.4 Å². The summed E-state index contributed by atoms with van der Waals surface area (Å²) in [5.41, 5.74) is 0. The van der Waals surface area contributed by atoms with Gasteiger partial charge in [-0.3, -0.25) is 4.90 Å². The van der Waals surface area contributed by atoms with Crippen LogP contribution in [0.2, 0.25) is 0 Å². The normalized spacial score (nSPS) is 25.2. The van der Waals surface area contributed by atoms with Crippen molar-refractivity contribution in [1.29, 1.82) is 0 Å². The Balaban J connectivity index is 2.49. The summed E-state index contributed by atoms with van der Waals surface area (Å²) >= 11 is 0. The largest absolute Gasteiger partial charge is 0.438 e. The molecule has 0 radical (unpaired) electrons. The topological polar surface area (TPSA) is 41.6 Å². The molecule has 0 bridgehead atoms. The minimum atomic E-state index is -3.15. The van der Waals surface area contributed by atoms with Gasteiger partial charge < -0.3 is 10.1 Å². The third-order valence-electron chi connectivity index (χ3n) is 2.75.